The molecule has 0 aliphatic rings. The molecule has 0 bridgehead atoms. The summed E-state index contributed by atoms with van der Waals surface area (Å²) in [5.41, 5.74) is 7.99. The molecule has 0 radical (unpaired) electrons. The van der Waals surface area contributed by atoms with Crippen molar-refractivity contribution in [2.45, 2.75) is 6.92 Å². The SMILES string of the molecule is CSCCN(C)C(=O)c1ccc(C#CCN)c(C)c1. The number of rotatable bonds is 4. The van der Waals surface area contributed by atoms with Gasteiger partial charge in [0.1, 0.15) is 0 Å². The van der Waals surface area contributed by atoms with Crippen LogP contribution in [0.4, 0.5) is 0 Å². The van der Waals surface area contributed by atoms with Crippen LogP contribution in [0.5, 0.6) is 0 Å². The number of nitrogens with zero attached hydrogens (tertiary/aromatic N) is 1. The largest absolute Gasteiger partial charge is 0.341 e. The molecule has 2 N–H and O–H groups in total. The first-order valence-corrected chi connectivity index (χ1v) is 7.53. The van der Waals surface area contributed by atoms with Crippen molar-refractivity contribution in [3.05, 3.63) is 34.9 Å². The predicted octanol–water partition coefficient (Wildman–Crippen LogP) is 1.74. The first-order chi connectivity index (χ1) is 9.10. The van der Waals surface area contributed by atoms with Crippen LogP contribution in [-0.2, 0) is 0 Å². The van der Waals surface area contributed by atoms with Gasteiger partial charge in [-0.3, -0.25) is 4.79 Å². The molecule has 0 fully saturated rings. The standard InChI is InChI=1S/C15H20N2OS/c1-12-11-14(7-6-13(12)5-4-8-16)15(18)17(2)9-10-19-3/h6-7,11H,8-10,16H2,1-3H3. The molecule has 0 unspecified atom stereocenters. The molecule has 0 heterocycles. The molecular formula is C15H20N2OS. The second kappa shape index (κ2) is 7.88. The van der Waals surface area contributed by atoms with Gasteiger partial charge in [0.05, 0.1) is 6.54 Å². The Labute approximate surface area is 119 Å². The minimum Gasteiger partial charge on any atom is -0.341 e. The zero-order valence-corrected chi connectivity index (χ0v) is 12.5. The molecule has 1 amide bonds. The summed E-state index contributed by atoms with van der Waals surface area (Å²) in [7, 11) is 1.83. The number of benzene rings is 1. The van der Waals surface area contributed by atoms with Crippen LogP contribution in [0.2, 0.25) is 0 Å². The van der Waals surface area contributed by atoms with E-state index in [0.717, 1.165) is 23.4 Å². The van der Waals surface area contributed by atoms with Crippen LogP contribution in [-0.4, -0.2) is 43.0 Å². The van der Waals surface area contributed by atoms with Crippen LogP contribution < -0.4 is 5.73 Å². The van der Waals surface area contributed by atoms with Gasteiger partial charge in [-0.2, -0.15) is 11.8 Å². The number of hydrogen-bond acceptors (Lipinski definition) is 3. The average molecular weight is 276 g/mol. The maximum Gasteiger partial charge on any atom is 0.253 e. The molecular weight excluding hydrogens is 256 g/mol. The fraction of sp³-hybridized carbons (Fsp3) is 0.400. The Hall–Kier alpha value is -1.44. The molecule has 0 saturated heterocycles. The van der Waals surface area contributed by atoms with Gasteiger partial charge in [-0.25, -0.2) is 0 Å². The van der Waals surface area contributed by atoms with E-state index in [0.29, 0.717) is 12.1 Å². The van der Waals surface area contributed by atoms with Crippen molar-refractivity contribution in [1.82, 2.24) is 4.90 Å². The van der Waals surface area contributed by atoms with Crippen molar-refractivity contribution >= 4 is 17.7 Å². The van der Waals surface area contributed by atoms with Crippen molar-refractivity contribution in [3.8, 4) is 11.8 Å². The Bertz CT molecular complexity index is 503. The molecule has 0 aliphatic carbocycles. The number of hydrogen-bond donors (Lipinski definition) is 1. The molecule has 4 heteroatoms. The lowest BCUT2D eigenvalue weighted by atomic mass is 10.0. The van der Waals surface area contributed by atoms with E-state index >= 15 is 0 Å². The molecule has 1 aromatic carbocycles. The second-order valence-corrected chi connectivity index (χ2v) is 5.24. The van der Waals surface area contributed by atoms with Crippen LogP contribution >= 0.6 is 11.8 Å². The average Bonchev–Trinajstić information content (AvgIpc) is 2.42. The summed E-state index contributed by atoms with van der Waals surface area (Å²) in [5, 5.41) is 0. The van der Waals surface area contributed by atoms with Gasteiger partial charge in [-0.1, -0.05) is 11.8 Å². The Morgan fingerprint density at radius 3 is 2.79 bits per heavy atom. The highest BCUT2D eigenvalue weighted by atomic mass is 32.2. The Kier molecular flexibility index (Phi) is 6.48. The first kappa shape index (κ1) is 15.6. The monoisotopic (exact) mass is 276 g/mol. The maximum atomic E-state index is 12.2. The molecule has 1 rings (SSSR count). The maximum absolute atomic E-state index is 12.2. The third kappa shape index (κ3) is 4.62. The first-order valence-electron chi connectivity index (χ1n) is 6.14. The van der Waals surface area contributed by atoms with Gasteiger partial charge < -0.3 is 10.6 Å². The summed E-state index contributed by atoms with van der Waals surface area (Å²) < 4.78 is 0. The minimum absolute atomic E-state index is 0.0514. The lowest BCUT2D eigenvalue weighted by Gasteiger charge is -2.17. The van der Waals surface area contributed by atoms with Crippen molar-refractivity contribution in [2.24, 2.45) is 5.73 Å². The predicted molar refractivity (Wildman–Crippen MR) is 82.5 cm³/mol. The molecule has 0 atom stereocenters. The van der Waals surface area contributed by atoms with E-state index in [1.165, 1.54) is 0 Å². The van der Waals surface area contributed by atoms with Gasteiger partial charge in [-0.05, 0) is 36.9 Å². The summed E-state index contributed by atoms with van der Waals surface area (Å²) >= 11 is 1.73. The van der Waals surface area contributed by atoms with Gasteiger partial charge in [0, 0.05) is 30.5 Å². The Balaban J connectivity index is 2.85. The van der Waals surface area contributed by atoms with Gasteiger partial charge in [0.25, 0.3) is 5.91 Å². The lowest BCUT2D eigenvalue weighted by Crippen LogP contribution is -2.28. The number of aryl methyl sites for hydroxylation is 1. The summed E-state index contributed by atoms with van der Waals surface area (Å²) in [4.78, 5) is 13.9. The van der Waals surface area contributed by atoms with E-state index in [-0.39, 0.29) is 5.91 Å². The van der Waals surface area contributed by atoms with E-state index in [2.05, 4.69) is 11.8 Å². The smallest absolute Gasteiger partial charge is 0.253 e. The van der Waals surface area contributed by atoms with E-state index < -0.39 is 0 Å². The van der Waals surface area contributed by atoms with Crippen molar-refractivity contribution in [3.63, 3.8) is 0 Å². The minimum atomic E-state index is 0.0514. The molecule has 0 spiro atoms. The topological polar surface area (TPSA) is 46.3 Å². The third-order valence-electron chi connectivity index (χ3n) is 2.78. The summed E-state index contributed by atoms with van der Waals surface area (Å²) in [6.45, 7) is 3.06. The summed E-state index contributed by atoms with van der Waals surface area (Å²) in [5.74, 6) is 6.82. The molecule has 0 aromatic heterocycles. The highest BCUT2D eigenvalue weighted by Gasteiger charge is 2.11. The summed E-state index contributed by atoms with van der Waals surface area (Å²) in [6, 6.07) is 5.59. The van der Waals surface area contributed by atoms with Crippen LogP contribution in [0.1, 0.15) is 21.5 Å². The lowest BCUT2D eigenvalue weighted by molar-refractivity contribution is 0.0803. The van der Waals surface area contributed by atoms with Gasteiger partial charge in [-0.15, -0.1) is 0 Å². The van der Waals surface area contributed by atoms with Crippen molar-refractivity contribution in [1.29, 1.82) is 0 Å². The number of carbonyl (C=O) groups is 1. The normalized spacial score (nSPS) is 9.68. The highest BCUT2D eigenvalue weighted by Crippen LogP contribution is 2.12. The molecule has 3 nitrogen and oxygen atoms in total. The molecule has 102 valence electrons. The third-order valence-corrected chi connectivity index (χ3v) is 3.37. The molecule has 1 aromatic rings. The fourth-order valence-electron chi connectivity index (χ4n) is 1.63. The second-order valence-electron chi connectivity index (χ2n) is 4.26. The number of carbonyl (C=O) groups excluding carboxylic acids is 1. The Morgan fingerprint density at radius 1 is 1.47 bits per heavy atom. The molecule has 19 heavy (non-hydrogen) atoms. The number of amides is 1. The van der Waals surface area contributed by atoms with Crippen molar-refractivity contribution in [2.75, 3.05) is 32.1 Å². The zero-order chi connectivity index (χ0) is 14.3. The quantitative estimate of drug-likeness (QED) is 0.852. The van der Waals surface area contributed by atoms with E-state index in [1.54, 1.807) is 16.7 Å². The van der Waals surface area contributed by atoms with E-state index in [1.807, 2.05) is 38.4 Å². The van der Waals surface area contributed by atoms with Crippen LogP contribution in [0.25, 0.3) is 0 Å². The van der Waals surface area contributed by atoms with E-state index in [9.17, 15) is 4.79 Å². The summed E-state index contributed by atoms with van der Waals surface area (Å²) in [6.07, 6.45) is 2.04. The fourth-order valence-corrected chi connectivity index (χ4v) is 2.09. The highest BCUT2D eigenvalue weighted by molar-refractivity contribution is 7.98. The van der Waals surface area contributed by atoms with Crippen LogP contribution in [0, 0.1) is 18.8 Å². The van der Waals surface area contributed by atoms with Gasteiger partial charge in [0.15, 0.2) is 0 Å². The number of thioether (sulfide) groups is 1. The molecule has 0 aliphatic heterocycles. The van der Waals surface area contributed by atoms with Crippen molar-refractivity contribution < 1.29 is 4.79 Å². The van der Waals surface area contributed by atoms with Gasteiger partial charge >= 0.3 is 0 Å². The van der Waals surface area contributed by atoms with Crippen LogP contribution in [0.15, 0.2) is 18.2 Å². The Morgan fingerprint density at radius 2 is 2.21 bits per heavy atom. The van der Waals surface area contributed by atoms with Gasteiger partial charge in [0.2, 0.25) is 0 Å². The number of nitrogens with two attached hydrogens (primary N) is 1. The van der Waals surface area contributed by atoms with E-state index in [4.69, 9.17) is 5.73 Å². The van der Waals surface area contributed by atoms with Crippen LogP contribution in [0.3, 0.4) is 0 Å². The molecule has 0 saturated carbocycles. The zero-order valence-electron chi connectivity index (χ0n) is 11.7.